The van der Waals surface area contributed by atoms with Crippen molar-refractivity contribution in [1.82, 2.24) is 5.48 Å². The van der Waals surface area contributed by atoms with E-state index in [2.05, 4.69) is 14.8 Å². The van der Waals surface area contributed by atoms with Crippen LogP contribution in [0.4, 0.5) is 13.2 Å². The Hall–Kier alpha value is -1.31. The van der Waals surface area contributed by atoms with Gasteiger partial charge in [0.05, 0.1) is 0 Å². The second kappa shape index (κ2) is 5.36. The smallest absolute Gasteiger partial charge is 0.399 e. The second-order valence-electron chi connectivity index (χ2n) is 1.79. The summed E-state index contributed by atoms with van der Waals surface area (Å²) in [6.45, 7) is -1.56. The van der Waals surface area contributed by atoms with Crippen LogP contribution in [0.25, 0.3) is 0 Å². The maximum atomic E-state index is 11.4. The van der Waals surface area contributed by atoms with Crippen molar-refractivity contribution in [3.8, 4) is 0 Å². The molecule has 0 atom stereocenters. The number of nitrogens with zero attached hydrogens (tertiary/aromatic N) is 1. The Bertz CT molecular complexity index is 192. The summed E-state index contributed by atoms with van der Waals surface area (Å²) in [7, 11) is 1.18. The van der Waals surface area contributed by atoms with Crippen molar-refractivity contribution >= 4 is 12.1 Å². The molecule has 0 unspecified atom stereocenters. The van der Waals surface area contributed by atoms with E-state index in [0.29, 0.717) is 6.21 Å². The van der Waals surface area contributed by atoms with Crippen LogP contribution in [0.1, 0.15) is 0 Å². The van der Waals surface area contributed by atoms with E-state index in [1.165, 1.54) is 12.6 Å². The first kappa shape index (κ1) is 11.7. The predicted octanol–water partition coefficient (Wildman–Crippen LogP) is 0.229. The van der Waals surface area contributed by atoms with Crippen LogP contribution in [0.3, 0.4) is 0 Å². The summed E-state index contributed by atoms with van der Waals surface area (Å²) in [6.07, 6.45) is -3.85. The van der Waals surface area contributed by atoms with Gasteiger partial charge in [-0.2, -0.15) is 13.2 Å². The molecule has 8 heteroatoms. The molecule has 13 heavy (non-hydrogen) atoms. The zero-order valence-corrected chi connectivity index (χ0v) is 6.59. The lowest BCUT2D eigenvalue weighted by Crippen LogP contribution is -2.30. The number of hydrogen-bond acceptors (Lipinski definition) is 4. The molecule has 0 rings (SSSR count). The number of carbonyl (C=O) groups is 1. The molecule has 0 saturated carbocycles. The third-order valence-corrected chi connectivity index (χ3v) is 0.684. The molecule has 0 aromatic carbocycles. The van der Waals surface area contributed by atoms with Gasteiger partial charge in [0.1, 0.15) is 13.3 Å². The molecule has 0 heterocycles. The van der Waals surface area contributed by atoms with E-state index < -0.39 is 18.7 Å². The van der Waals surface area contributed by atoms with Crippen molar-refractivity contribution in [2.75, 3.05) is 13.7 Å². The first-order valence-corrected chi connectivity index (χ1v) is 3.01. The van der Waals surface area contributed by atoms with Crippen molar-refractivity contribution in [2.24, 2.45) is 5.16 Å². The molecule has 0 fully saturated rings. The highest BCUT2D eigenvalue weighted by molar-refractivity contribution is 6.25. The van der Waals surface area contributed by atoms with E-state index in [1.807, 2.05) is 0 Å². The van der Waals surface area contributed by atoms with Crippen molar-refractivity contribution in [3.63, 3.8) is 0 Å². The fraction of sp³-hybridized carbons (Fsp3) is 0.600. The summed E-state index contributed by atoms with van der Waals surface area (Å²) in [6, 6.07) is 0. The number of hydroxylamine groups is 1. The SMILES string of the molecule is CO/N=C/C(=O)NOCC(F)(F)F. The Morgan fingerprint density at radius 2 is 2.23 bits per heavy atom. The Balaban J connectivity index is 3.54. The summed E-state index contributed by atoms with van der Waals surface area (Å²) >= 11 is 0. The number of rotatable bonds is 4. The maximum absolute atomic E-state index is 11.4. The van der Waals surface area contributed by atoms with E-state index in [0.717, 1.165) is 0 Å². The molecule has 0 bridgehead atoms. The summed E-state index contributed by atoms with van der Waals surface area (Å²) < 4.78 is 34.3. The minimum Gasteiger partial charge on any atom is -0.399 e. The van der Waals surface area contributed by atoms with Crippen LogP contribution < -0.4 is 5.48 Å². The molecular formula is C5H7F3N2O3. The zero-order chi connectivity index (χ0) is 10.3. The minimum atomic E-state index is -4.48. The van der Waals surface area contributed by atoms with Gasteiger partial charge in [0.15, 0.2) is 6.61 Å². The first-order valence-electron chi connectivity index (χ1n) is 3.01. The van der Waals surface area contributed by atoms with Crippen LogP contribution in [0, 0.1) is 0 Å². The van der Waals surface area contributed by atoms with Crippen LogP contribution in [0.15, 0.2) is 5.16 Å². The lowest BCUT2D eigenvalue weighted by molar-refractivity contribution is -0.189. The van der Waals surface area contributed by atoms with E-state index in [9.17, 15) is 18.0 Å². The average Bonchev–Trinajstić information content (AvgIpc) is 1.98. The first-order chi connectivity index (χ1) is 5.95. The molecule has 76 valence electrons. The zero-order valence-electron chi connectivity index (χ0n) is 6.59. The topological polar surface area (TPSA) is 59.9 Å². The highest BCUT2D eigenvalue weighted by atomic mass is 19.4. The fourth-order valence-electron chi connectivity index (χ4n) is 0.316. The van der Waals surface area contributed by atoms with E-state index in [4.69, 9.17) is 0 Å². The second-order valence-corrected chi connectivity index (χ2v) is 1.79. The van der Waals surface area contributed by atoms with Crippen molar-refractivity contribution in [2.45, 2.75) is 6.18 Å². The van der Waals surface area contributed by atoms with Crippen LogP contribution in [0.5, 0.6) is 0 Å². The number of halogens is 3. The standard InChI is InChI=1S/C5H7F3N2O3/c1-12-9-2-4(11)10-13-3-5(6,7)8/h2H,3H2,1H3,(H,10,11)/b9-2+. The van der Waals surface area contributed by atoms with Gasteiger partial charge < -0.3 is 4.84 Å². The lowest BCUT2D eigenvalue weighted by Gasteiger charge is -2.05. The Morgan fingerprint density at radius 3 is 2.69 bits per heavy atom. The van der Waals surface area contributed by atoms with Crippen molar-refractivity contribution in [1.29, 1.82) is 0 Å². The number of hydrogen-bond donors (Lipinski definition) is 1. The van der Waals surface area contributed by atoms with E-state index >= 15 is 0 Å². The summed E-state index contributed by atoms with van der Waals surface area (Å²) in [4.78, 5) is 18.3. The van der Waals surface area contributed by atoms with Crippen LogP contribution in [-0.2, 0) is 14.5 Å². The average molecular weight is 200 g/mol. The van der Waals surface area contributed by atoms with E-state index in [-0.39, 0.29) is 0 Å². The molecule has 0 radical (unpaired) electrons. The third kappa shape index (κ3) is 8.60. The van der Waals surface area contributed by atoms with Crippen LogP contribution in [-0.4, -0.2) is 32.0 Å². The number of amides is 1. The molecule has 0 spiro atoms. The highest BCUT2D eigenvalue weighted by Gasteiger charge is 2.28. The van der Waals surface area contributed by atoms with Gasteiger partial charge in [0.2, 0.25) is 0 Å². The number of carbonyl (C=O) groups excluding carboxylic acids is 1. The number of oxime groups is 1. The molecule has 0 aromatic rings. The molecule has 1 N–H and O–H groups in total. The van der Waals surface area contributed by atoms with Crippen LogP contribution in [0.2, 0.25) is 0 Å². The summed E-state index contributed by atoms with van der Waals surface area (Å²) in [5.74, 6) is -0.939. The molecular weight excluding hydrogens is 193 g/mol. The van der Waals surface area contributed by atoms with Gasteiger partial charge >= 0.3 is 6.18 Å². The molecule has 5 nitrogen and oxygen atoms in total. The number of alkyl halides is 3. The highest BCUT2D eigenvalue weighted by Crippen LogP contribution is 2.13. The normalized spacial score (nSPS) is 11.7. The molecule has 0 saturated heterocycles. The summed E-state index contributed by atoms with van der Waals surface area (Å²) in [5, 5.41) is 2.99. The van der Waals surface area contributed by atoms with Gasteiger partial charge in [0.25, 0.3) is 5.91 Å². The number of nitrogens with one attached hydrogen (secondary N) is 1. The van der Waals surface area contributed by atoms with E-state index in [1.54, 1.807) is 0 Å². The molecule has 0 aliphatic rings. The van der Waals surface area contributed by atoms with Gasteiger partial charge in [-0.15, -0.1) is 0 Å². The minimum absolute atomic E-state index is 0.635. The van der Waals surface area contributed by atoms with Gasteiger partial charge in [-0.05, 0) is 0 Å². The molecule has 0 aromatic heterocycles. The monoisotopic (exact) mass is 200 g/mol. The summed E-state index contributed by atoms with van der Waals surface area (Å²) in [5.41, 5.74) is 1.49. The maximum Gasteiger partial charge on any atom is 0.414 e. The Kier molecular flexibility index (Phi) is 4.82. The predicted molar refractivity (Wildman–Crippen MR) is 35.7 cm³/mol. The molecule has 0 aliphatic heterocycles. The van der Waals surface area contributed by atoms with Gasteiger partial charge in [-0.3, -0.25) is 9.63 Å². The Labute approximate surface area is 71.4 Å². The Morgan fingerprint density at radius 1 is 1.62 bits per heavy atom. The quantitative estimate of drug-likeness (QED) is 0.522. The van der Waals surface area contributed by atoms with Gasteiger partial charge in [-0.25, -0.2) is 5.48 Å². The molecule has 0 aliphatic carbocycles. The van der Waals surface area contributed by atoms with Crippen molar-refractivity contribution in [3.05, 3.63) is 0 Å². The largest absolute Gasteiger partial charge is 0.414 e. The molecule has 1 amide bonds. The van der Waals surface area contributed by atoms with Gasteiger partial charge in [0, 0.05) is 0 Å². The fourth-order valence-corrected chi connectivity index (χ4v) is 0.316. The third-order valence-electron chi connectivity index (χ3n) is 0.684. The van der Waals surface area contributed by atoms with Crippen LogP contribution >= 0.6 is 0 Å². The van der Waals surface area contributed by atoms with Crippen molar-refractivity contribution < 1.29 is 27.6 Å². The lowest BCUT2D eigenvalue weighted by atomic mass is 10.7. The van der Waals surface area contributed by atoms with Gasteiger partial charge in [-0.1, -0.05) is 5.16 Å².